The van der Waals surface area contributed by atoms with E-state index in [0.29, 0.717) is 43.4 Å². The van der Waals surface area contributed by atoms with E-state index in [-0.39, 0.29) is 5.82 Å². The summed E-state index contributed by atoms with van der Waals surface area (Å²) in [6.45, 7) is 24.3. The number of halogens is 5. The molecule has 4 aliphatic heterocycles. The number of pyridine rings is 4. The van der Waals surface area contributed by atoms with Gasteiger partial charge in [0.1, 0.15) is 17.2 Å². The van der Waals surface area contributed by atoms with Crippen molar-refractivity contribution in [2.24, 2.45) is 0 Å². The van der Waals surface area contributed by atoms with Gasteiger partial charge in [0.25, 0.3) is 0 Å². The van der Waals surface area contributed by atoms with Gasteiger partial charge in [-0.1, -0.05) is 137 Å². The maximum absolute atomic E-state index is 13.0. The second kappa shape index (κ2) is 37.4. The Morgan fingerprint density at radius 1 is 0.362 bits per heavy atom. The minimum Gasteiger partial charge on any atom is -0.344 e. The third-order valence-electron chi connectivity index (χ3n) is 18.6. The van der Waals surface area contributed by atoms with Crippen LogP contribution < -0.4 is 19.6 Å². The number of hydrogen-bond acceptors (Lipinski definition) is 24. The molecule has 12 heterocycles. The van der Waals surface area contributed by atoms with Gasteiger partial charge in [-0.15, -0.1) is 0 Å². The van der Waals surface area contributed by atoms with Crippen molar-refractivity contribution in [1.29, 1.82) is 0 Å². The highest BCUT2D eigenvalue weighted by Gasteiger charge is 2.26. The van der Waals surface area contributed by atoms with Crippen LogP contribution in [0.1, 0.15) is 33.4 Å². The Balaban J connectivity index is 0.000000124. The van der Waals surface area contributed by atoms with Crippen LogP contribution in [0.4, 0.5) is 24.9 Å². The number of rotatable bonds is 18. The molecule has 0 atom stereocenters. The summed E-state index contributed by atoms with van der Waals surface area (Å²) in [5.74, 6) is 2.51. The third-order valence-corrected chi connectivity index (χ3v) is 22.5. The van der Waals surface area contributed by atoms with Gasteiger partial charge < -0.3 is 19.6 Å². The normalized spacial score (nSPS) is 15.3. The van der Waals surface area contributed by atoms with Crippen molar-refractivity contribution >= 4 is 113 Å². The molecular weight excluding hydrogens is 1480 g/mol. The highest BCUT2D eigenvalue weighted by Crippen LogP contribution is 2.31. The van der Waals surface area contributed by atoms with Crippen molar-refractivity contribution in [2.45, 2.75) is 39.8 Å². The van der Waals surface area contributed by atoms with Crippen molar-refractivity contribution in [3.05, 3.63) is 236 Å². The number of anilines is 4. The lowest BCUT2D eigenvalue weighted by atomic mass is 10.1. The van der Waals surface area contributed by atoms with Gasteiger partial charge in [-0.3, -0.25) is 39.5 Å². The number of nitrogens with zero attached hydrogens (tertiary/aromatic N) is 20. The number of piperazine rings is 4. The molecule has 0 radical (unpaired) electrons. The summed E-state index contributed by atoms with van der Waals surface area (Å²) in [7, 11) is 0. The highest BCUT2D eigenvalue weighted by atomic mass is 35.5. The number of aryl methyl sites for hydroxylation is 2. The third kappa shape index (κ3) is 21.6. The Bertz CT molecular complexity index is 4680. The van der Waals surface area contributed by atoms with Crippen LogP contribution in [-0.4, -0.2) is 195 Å². The summed E-state index contributed by atoms with van der Waals surface area (Å²) in [6.07, 6.45) is 12.0. The van der Waals surface area contributed by atoms with Crippen LogP contribution in [0.15, 0.2) is 177 Å². The van der Waals surface area contributed by atoms with E-state index >= 15 is 0 Å². The van der Waals surface area contributed by atoms with Crippen molar-refractivity contribution in [3.8, 4) is 45.8 Å². The van der Waals surface area contributed by atoms with Gasteiger partial charge >= 0.3 is 0 Å². The molecule has 4 aliphatic rings. The van der Waals surface area contributed by atoms with E-state index in [4.69, 9.17) is 46.4 Å². The molecule has 4 fully saturated rings. The lowest BCUT2D eigenvalue weighted by molar-refractivity contribution is 0.249. The Labute approximate surface area is 648 Å². The van der Waals surface area contributed by atoms with E-state index in [9.17, 15) is 4.39 Å². The average molecular weight is 1560 g/mol. The second-order valence-electron chi connectivity index (χ2n) is 25.8. The molecule has 16 rings (SSSR count). The van der Waals surface area contributed by atoms with Crippen LogP contribution in [0.2, 0.25) is 20.1 Å². The first kappa shape index (κ1) is 75.1. The van der Waals surface area contributed by atoms with Gasteiger partial charge in [0.15, 0.2) is 23.3 Å². The van der Waals surface area contributed by atoms with Crippen molar-refractivity contribution in [3.63, 3.8) is 0 Å². The Morgan fingerprint density at radius 2 is 0.771 bits per heavy atom. The summed E-state index contributed by atoms with van der Waals surface area (Å²) >= 11 is 29.7. The zero-order valence-electron chi connectivity index (χ0n) is 58.3. The molecule has 4 aromatic carbocycles. The first-order chi connectivity index (χ1) is 51.3. The first-order valence-electron chi connectivity index (χ1n) is 34.9. The zero-order valence-corrected chi connectivity index (χ0v) is 64.6. The standard InChI is InChI=1S/C19H19ClFN5S.3C19H20ClN5S/c20-16-11-15(12-22-13-16)18-23-19(27-24-18)26-9-7-25(8-10-26)6-5-14-1-3-17(21)4-2-14;1-14-4-2-3-5-15(14)13-24-8-10-25(11-9-24)19-22-18(23-26-19)17-12-16(20)6-7-21-17;1-14-4-2-3-5-15(14)13-24-8-10-25(11-9-24)19-22-18(23-26-19)17-7-6-16(20)12-21-17;20-17-12-16(13-21-14-17)18-22-19(26-23-18)25-10-8-24(9-11-25)7-6-15-4-2-1-3-5-15/h1-4,11-13H,5-10H2;2*2-7,12H,8-11,13H2,1H3;1-5,12-14H,6-11H2. The molecule has 12 aromatic rings. The summed E-state index contributed by atoms with van der Waals surface area (Å²) in [4.78, 5) is 54.6. The van der Waals surface area contributed by atoms with E-state index in [0.717, 1.165) is 187 Å². The molecule has 0 amide bonds. The summed E-state index contributed by atoms with van der Waals surface area (Å²) in [5, 5.41) is 6.28. The van der Waals surface area contributed by atoms with Crippen LogP contribution in [-0.2, 0) is 25.9 Å². The molecular formula is C76H79Cl4FN20S4. The molecule has 4 saturated heterocycles. The largest absolute Gasteiger partial charge is 0.344 e. The predicted molar refractivity (Wildman–Crippen MR) is 427 cm³/mol. The predicted octanol–water partition coefficient (Wildman–Crippen LogP) is 15.1. The lowest BCUT2D eigenvalue weighted by Gasteiger charge is -2.34. The van der Waals surface area contributed by atoms with E-state index in [1.807, 2.05) is 36.4 Å². The van der Waals surface area contributed by atoms with Crippen molar-refractivity contribution < 1.29 is 4.39 Å². The Hall–Kier alpha value is -8.15. The van der Waals surface area contributed by atoms with E-state index in [1.165, 1.54) is 91.6 Å². The number of hydrogen-bond donors (Lipinski definition) is 0. The Kier molecular flexibility index (Phi) is 26.7. The number of benzene rings is 4. The molecule has 0 saturated carbocycles. The molecule has 0 aliphatic carbocycles. The van der Waals surface area contributed by atoms with Gasteiger partial charge in [0, 0.05) is 230 Å². The molecule has 0 unspecified atom stereocenters. The van der Waals surface area contributed by atoms with Crippen LogP contribution in [0, 0.1) is 19.7 Å². The molecule has 0 N–H and O–H groups in total. The fraction of sp³-hybridized carbons (Fsp3) is 0.316. The smallest absolute Gasteiger partial charge is 0.205 e. The van der Waals surface area contributed by atoms with Crippen molar-refractivity contribution in [2.75, 3.05) is 137 Å². The molecule has 105 heavy (non-hydrogen) atoms. The van der Waals surface area contributed by atoms with Crippen LogP contribution >= 0.6 is 92.5 Å². The van der Waals surface area contributed by atoms with E-state index in [2.05, 4.69) is 189 Å². The van der Waals surface area contributed by atoms with Gasteiger partial charge in [-0.05, 0) is 109 Å². The summed E-state index contributed by atoms with van der Waals surface area (Å²) in [6, 6.07) is 45.6. The monoisotopic (exact) mass is 1560 g/mol. The first-order valence-corrected chi connectivity index (χ1v) is 39.5. The van der Waals surface area contributed by atoms with Crippen LogP contribution in [0.25, 0.3) is 45.8 Å². The zero-order chi connectivity index (χ0) is 72.3. The molecule has 0 spiro atoms. The van der Waals surface area contributed by atoms with E-state index < -0.39 is 0 Å². The van der Waals surface area contributed by atoms with Crippen molar-refractivity contribution in [1.82, 2.24) is 77.0 Å². The fourth-order valence-corrected chi connectivity index (χ4v) is 15.9. The maximum Gasteiger partial charge on any atom is 0.205 e. The minimum absolute atomic E-state index is 0.183. The minimum atomic E-state index is -0.183. The maximum atomic E-state index is 13.0. The van der Waals surface area contributed by atoms with Gasteiger partial charge in [0.2, 0.25) is 20.5 Å². The molecule has 8 aromatic heterocycles. The van der Waals surface area contributed by atoms with E-state index in [1.54, 1.807) is 49.3 Å². The highest BCUT2D eigenvalue weighted by molar-refractivity contribution is 7.10. The van der Waals surface area contributed by atoms with Gasteiger partial charge in [-0.2, -0.15) is 37.4 Å². The quantitative estimate of drug-likeness (QED) is 0.0790. The molecule has 29 heteroatoms. The number of aromatic nitrogens is 12. The topological polar surface area (TPSA) is 181 Å². The Morgan fingerprint density at radius 3 is 1.20 bits per heavy atom. The molecule has 542 valence electrons. The average Bonchev–Trinajstić information content (AvgIpc) is 1.84. The lowest BCUT2D eigenvalue weighted by Crippen LogP contribution is -2.47. The van der Waals surface area contributed by atoms with Crippen LogP contribution in [0.3, 0.4) is 0 Å². The summed E-state index contributed by atoms with van der Waals surface area (Å²) in [5.41, 5.74) is 11.3. The summed E-state index contributed by atoms with van der Waals surface area (Å²) < 4.78 is 30.8. The fourth-order valence-electron chi connectivity index (χ4n) is 12.4. The van der Waals surface area contributed by atoms with Gasteiger partial charge in [-0.25, -0.2) is 4.39 Å². The van der Waals surface area contributed by atoms with Crippen LogP contribution in [0.5, 0.6) is 0 Å². The molecule has 0 bridgehead atoms. The molecule has 20 nitrogen and oxygen atoms in total. The van der Waals surface area contributed by atoms with Gasteiger partial charge in [0.05, 0.1) is 15.1 Å². The second-order valence-corrected chi connectivity index (χ2v) is 30.4. The SMILES string of the molecule is Cc1ccccc1CN1CCN(c2nc(-c3cc(Cl)ccn3)ns2)CC1.Cc1ccccc1CN1CCN(c2nc(-c3ccc(Cl)cn3)ns2)CC1.Clc1cncc(-c2nsc(N3CCN(CCc4ccccc4)CC3)n2)c1.Fc1ccc(CCN2CCN(c3nc(-c4cncc(Cl)c4)ns3)CC2)cc1.